The highest BCUT2D eigenvalue weighted by molar-refractivity contribution is 5.39. The molecule has 2 heterocycles. The minimum atomic E-state index is -0.171. The van der Waals surface area contributed by atoms with Crippen LogP contribution in [-0.2, 0) is 6.54 Å². The first-order valence-corrected chi connectivity index (χ1v) is 10.4. The molecule has 2 aliphatic heterocycles. The maximum Gasteiger partial charge on any atom is 0.161 e. The molecule has 29 heavy (non-hydrogen) atoms. The summed E-state index contributed by atoms with van der Waals surface area (Å²) in [7, 11) is 1.66. The minimum absolute atomic E-state index is 0.171. The molecule has 3 atom stereocenters. The Morgan fingerprint density at radius 1 is 1.07 bits per heavy atom. The number of nitrogens with zero attached hydrogens (tertiary/aromatic N) is 1. The molecule has 2 aliphatic rings. The van der Waals surface area contributed by atoms with Gasteiger partial charge in [0.15, 0.2) is 11.5 Å². The Morgan fingerprint density at radius 3 is 2.66 bits per heavy atom. The number of hydrogen-bond donors (Lipinski definition) is 2. The Balaban J connectivity index is 1.19. The van der Waals surface area contributed by atoms with Crippen molar-refractivity contribution >= 4 is 0 Å². The third-order valence-corrected chi connectivity index (χ3v) is 6.00. The van der Waals surface area contributed by atoms with Crippen LogP contribution >= 0.6 is 0 Å². The van der Waals surface area contributed by atoms with Crippen molar-refractivity contribution in [3.63, 3.8) is 0 Å². The summed E-state index contributed by atoms with van der Waals surface area (Å²) in [5, 5.41) is 0. The van der Waals surface area contributed by atoms with Gasteiger partial charge in [-0.25, -0.2) is 4.39 Å². The highest BCUT2D eigenvalue weighted by Gasteiger charge is 2.34. The standard InChI is InChI=1S/C23H30FN3O2/c1-28-22-4-2-3-5-23(22)29-13-11-20-14-21(26-25-20)18-10-12-27(16-18)15-17-6-8-19(24)9-7-17/h2-9,18,20-21,25-26H,10-16H2,1H3. The molecule has 156 valence electrons. The lowest BCUT2D eigenvalue weighted by atomic mass is 9.94. The van der Waals surface area contributed by atoms with Crippen molar-refractivity contribution in [1.82, 2.24) is 15.8 Å². The monoisotopic (exact) mass is 399 g/mol. The van der Waals surface area contributed by atoms with Crippen LogP contribution in [0.25, 0.3) is 0 Å². The zero-order valence-electron chi connectivity index (χ0n) is 16.9. The minimum Gasteiger partial charge on any atom is -0.493 e. The smallest absolute Gasteiger partial charge is 0.161 e. The highest BCUT2D eigenvalue weighted by atomic mass is 19.1. The molecule has 0 amide bonds. The molecular weight excluding hydrogens is 369 g/mol. The summed E-state index contributed by atoms with van der Waals surface area (Å²) >= 11 is 0. The van der Waals surface area contributed by atoms with Crippen molar-refractivity contribution in [2.24, 2.45) is 5.92 Å². The van der Waals surface area contributed by atoms with Crippen LogP contribution in [0, 0.1) is 11.7 Å². The van der Waals surface area contributed by atoms with E-state index in [1.54, 1.807) is 19.2 Å². The summed E-state index contributed by atoms with van der Waals surface area (Å²) in [4.78, 5) is 2.47. The summed E-state index contributed by atoms with van der Waals surface area (Å²) in [5.74, 6) is 2.04. The second-order valence-corrected chi connectivity index (χ2v) is 8.03. The molecule has 0 radical (unpaired) electrons. The number of likely N-dealkylation sites (tertiary alicyclic amines) is 1. The van der Waals surface area contributed by atoms with Gasteiger partial charge in [-0.05, 0) is 61.6 Å². The molecular formula is C23H30FN3O2. The highest BCUT2D eigenvalue weighted by Crippen LogP contribution is 2.28. The van der Waals surface area contributed by atoms with E-state index in [9.17, 15) is 4.39 Å². The van der Waals surface area contributed by atoms with Gasteiger partial charge in [-0.3, -0.25) is 15.8 Å². The molecule has 0 bridgehead atoms. The Kier molecular flexibility index (Phi) is 6.64. The van der Waals surface area contributed by atoms with Gasteiger partial charge in [-0.15, -0.1) is 0 Å². The largest absolute Gasteiger partial charge is 0.493 e. The first-order chi connectivity index (χ1) is 14.2. The van der Waals surface area contributed by atoms with E-state index >= 15 is 0 Å². The van der Waals surface area contributed by atoms with E-state index in [1.165, 1.54) is 12.0 Å². The van der Waals surface area contributed by atoms with Gasteiger partial charge in [0.2, 0.25) is 0 Å². The summed E-state index contributed by atoms with van der Waals surface area (Å²) in [5.41, 5.74) is 8.13. The van der Waals surface area contributed by atoms with Crippen molar-refractivity contribution in [2.45, 2.75) is 37.9 Å². The maximum absolute atomic E-state index is 13.1. The van der Waals surface area contributed by atoms with Crippen LogP contribution in [0.4, 0.5) is 4.39 Å². The number of halogens is 1. The van der Waals surface area contributed by atoms with Crippen molar-refractivity contribution in [1.29, 1.82) is 0 Å². The second-order valence-electron chi connectivity index (χ2n) is 8.03. The second kappa shape index (κ2) is 9.57. The third kappa shape index (κ3) is 5.26. The fourth-order valence-electron chi connectivity index (χ4n) is 4.38. The molecule has 4 rings (SSSR count). The predicted octanol–water partition coefficient (Wildman–Crippen LogP) is 3.36. The number of hydrazine groups is 1. The van der Waals surface area contributed by atoms with Gasteiger partial charge < -0.3 is 9.47 Å². The fourth-order valence-corrected chi connectivity index (χ4v) is 4.38. The molecule has 0 aliphatic carbocycles. The molecule has 2 fully saturated rings. The zero-order valence-corrected chi connectivity index (χ0v) is 16.9. The average Bonchev–Trinajstić information content (AvgIpc) is 3.40. The van der Waals surface area contributed by atoms with Crippen LogP contribution in [0.15, 0.2) is 48.5 Å². The van der Waals surface area contributed by atoms with Crippen molar-refractivity contribution in [2.75, 3.05) is 26.8 Å². The van der Waals surface area contributed by atoms with Gasteiger partial charge in [-0.1, -0.05) is 24.3 Å². The molecule has 2 N–H and O–H groups in total. The van der Waals surface area contributed by atoms with Crippen LogP contribution in [0.3, 0.4) is 0 Å². The molecule has 2 saturated heterocycles. The number of methoxy groups -OCH3 is 1. The van der Waals surface area contributed by atoms with Crippen molar-refractivity contribution < 1.29 is 13.9 Å². The first kappa shape index (κ1) is 20.1. The Hall–Kier alpha value is -2.15. The van der Waals surface area contributed by atoms with E-state index < -0.39 is 0 Å². The number of ether oxygens (including phenoxy) is 2. The van der Waals surface area contributed by atoms with E-state index in [4.69, 9.17) is 9.47 Å². The van der Waals surface area contributed by atoms with Gasteiger partial charge in [0.1, 0.15) is 5.82 Å². The lowest BCUT2D eigenvalue weighted by molar-refractivity contribution is 0.273. The van der Waals surface area contributed by atoms with E-state index in [0.29, 0.717) is 24.6 Å². The van der Waals surface area contributed by atoms with Gasteiger partial charge in [-0.2, -0.15) is 0 Å². The van der Waals surface area contributed by atoms with Crippen molar-refractivity contribution in [3.8, 4) is 11.5 Å². The molecule has 6 heteroatoms. The number of nitrogens with one attached hydrogen (secondary N) is 2. The van der Waals surface area contributed by atoms with Gasteiger partial charge in [0.05, 0.1) is 13.7 Å². The van der Waals surface area contributed by atoms with Gasteiger partial charge in [0.25, 0.3) is 0 Å². The Bertz CT molecular complexity index is 786. The molecule has 0 aromatic heterocycles. The summed E-state index contributed by atoms with van der Waals surface area (Å²) < 4.78 is 24.3. The topological polar surface area (TPSA) is 45.8 Å². The Labute approximate surface area is 172 Å². The first-order valence-electron chi connectivity index (χ1n) is 10.4. The lowest BCUT2D eigenvalue weighted by Crippen LogP contribution is -2.38. The fraction of sp³-hybridized carbons (Fsp3) is 0.478. The molecule has 0 spiro atoms. The predicted molar refractivity (Wildman–Crippen MR) is 111 cm³/mol. The third-order valence-electron chi connectivity index (χ3n) is 6.00. The number of benzene rings is 2. The van der Waals surface area contributed by atoms with Crippen LogP contribution in [-0.4, -0.2) is 43.8 Å². The normalized spacial score (nSPS) is 24.7. The molecule has 2 aromatic carbocycles. The SMILES string of the molecule is COc1ccccc1OCCC1CC(C2CCN(Cc3ccc(F)cc3)C2)NN1. The van der Waals surface area contributed by atoms with Crippen LogP contribution in [0.2, 0.25) is 0 Å². The number of rotatable bonds is 8. The van der Waals surface area contributed by atoms with E-state index in [0.717, 1.165) is 44.0 Å². The molecule has 3 unspecified atom stereocenters. The van der Waals surface area contributed by atoms with Crippen molar-refractivity contribution in [3.05, 3.63) is 59.9 Å². The average molecular weight is 400 g/mol. The number of para-hydroxylation sites is 2. The summed E-state index contributed by atoms with van der Waals surface area (Å²) in [6.45, 7) is 3.74. The van der Waals surface area contributed by atoms with E-state index in [-0.39, 0.29) is 5.82 Å². The molecule has 0 saturated carbocycles. The van der Waals surface area contributed by atoms with E-state index in [2.05, 4.69) is 15.8 Å². The quantitative estimate of drug-likeness (QED) is 0.713. The van der Waals surface area contributed by atoms with Crippen LogP contribution in [0.1, 0.15) is 24.8 Å². The molecule has 2 aromatic rings. The Morgan fingerprint density at radius 2 is 1.86 bits per heavy atom. The lowest BCUT2D eigenvalue weighted by Gasteiger charge is -2.20. The summed E-state index contributed by atoms with van der Waals surface area (Å²) in [6.07, 6.45) is 3.27. The van der Waals surface area contributed by atoms with E-state index in [1.807, 2.05) is 36.4 Å². The zero-order chi connectivity index (χ0) is 20.1. The molecule has 5 nitrogen and oxygen atoms in total. The maximum atomic E-state index is 13.1. The van der Waals surface area contributed by atoms with Gasteiger partial charge >= 0.3 is 0 Å². The number of hydrogen-bond acceptors (Lipinski definition) is 5. The summed E-state index contributed by atoms with van der Waals surface area (Å²) in [6, 6.07) is 15.5. The van der Waals surface area contributed by atoms with Crippen LogP contribution in [0.5, 0.6) is 11.5 Å². The van der Waals surface area contributed by atoms with Crippen LogP contribution < -0.4 is 20.3 Å². The van der Waals surface area contributed by atoms with Gasteiger partial charge in [0, 0.05) is 25.2 Å².